The largest absolute Gasteiger partial charge is 0.294 e. The summed E-state index contributed by atoms with van der Waals surface area (Å²) >= 11 is 12.1. The molecule has 0 spiro atoms. The second-order valence-corrected chi connectivity index (χ2v) is 6.93. The minimum Gasteiger partial charge on any atom is -0.294 e. The van der Waals surface area contributed by atoms with Gasteiger partial charge in [-0.25, -0.2) is 0 Å². The molecule has 0 bridgehead atoms. The molecule has 0 N–H and O–H groups in total. The zero-order valence-corrected chi connectivity index (χ0v) is 13.9. The highest BCUT2D eigenvalue weighted by atomic mass is 35.5. The van der Waals surface area contributed by atoms with E-state index < -0.39 is 0 Å². The maximum atomic E-state index is 12.3. The van der Waals surface area contributed by atoms with Crippen molar-refractivity contribution >= 4 is 29.0 Å². The van der Waals surface area contributed by atoms with E-state index in [-0.39, 0.29) is 17.6 Å². The summed E-state index contributed by atoms with van der Waals surface area (Å²) in [5.74, 6) is 0.0413. The van der Waals surface area contributed by atoms with E-state index in [9.17, 15) is 4.79 Å². The Labute approximate surface area is 135 Å². The van der Waals surface area contributed by atoms with Crippen molar-refractivity contribution in [1.29, 1.82) is 0 Å². The monoisotopic (exact) mass is 320 g/mol. The number of halogens is 2. The van der Waals surface area contributed by atoms with Crippen molar-refractivity contribution in [2.45, 2.75) is 32.6 Å². The molecule has 0 aliphatic heterocycles. The molecule has 0 unspecified atom stereocenters. The highest BCUT2D eigenvalue weighted by Crippen LogP contribution is 2.27. The Bertz CT molecular complexity index is 652. The van der Waals surface area contributed by atoms with Crippen molar-refractivity contribution in [2.24, 2.45) is 0 Å². The summed E-state index contributed by atoms with van der Waals surface area (Å²) in [6.45, 7) is 6.45. The zero-order valence-electron chi connectivity index (χ0n) is 12.4. The molecule has 2 aromatic carbocycles. The predicted molar refractivity (Wildman–Crippen MR) is 89.6 cm³/mol. The fourth-order valence-corrected chi connectivity index (χ4v) is 2.50. The van der Waals surface area contributed by atoms with Gasteiger partial charge in [0.1, 0.15) is 0 Å². The highest BCUT2D eigenvalue weighted by molar-refractivity contribution is 6.42. The number of ketones is 1. The molecule has 0 saturated heterocycles. The molecule has 21 heavy (non-hydrogen) atoms. The van der Waals surface area contributed by atoms with E-state index in [0.29, 0.717) is 15.6 Å². The third kappa shape index (κ3) is 3.87. The average Bonchev–Trinajstić information content (AvgIpc) is 2.43. The Morgan fingerprint density at radius 3 is 2.19 bits per heavy atom. The molecule has 2 aromatic rings. The quantitative estimate of drug-likeness (QED) is 0.661. The molecule has 0 aromatic heterocycles. The average molecular weight is 321 g/mol. The SMILES string of the molecule is CC(C)(C)c1ccc(C(=O)Cc2cccc(Cl)c2Cl)cc1. The first-order valence-corrected chi connectivity index (χ1v) is 7.61. The Balaban J connectivity index is 2.19. The third-order valence-electron chi connectivity index (χ3n) is 3.46. The van der Waals surface area contributed by atoms with Crippen LogP contribution in [0.15, 0.2) is 42.5 Å². The van der Waals surface area contributed by atoms with E-state index in [1.165, 1.54) is 5.56 Å². The molecule has 0 aliphatic rings. The van der Waals surface area contributed by atoms with Gasteiger partial charge in [-0.05, 0) is 22.6 Å². The van der Waals surface area contributed by atoms with Crippen LogP contribution in [-0.2, 0) is 11.8 Å². The summed E-state index contributed by atoms with van der Waals surface area (Å²) in [5.41, 5.74) is 2.74. The lowest BCUT2D eigenvalue weighted by Gasteiger charge is -2.19. The van der Waals surface area contributed by atoms with Crippen molar-refractivity contribution in [3.63, 3.8) is 0 Å². The lowest BCUT2D eigenvalue weighted by atomic mass is 9.86. The molecule has 1 nitrogen and oxygen atoms in total. The van der Waals surface area contributed by atoms with E-state index in [1.807, 2.05) is 30.3 Å². The van der Waals surface area contributed by atoms with Gasteiger partial charge in [0.2, 0.25) is 0 Å². The van der Waals surface area contributed by atoms with Crippen LogP contribution in [0, 0.1) is 0 Å². The number of carbonyl (C=O) groups excluding carboxylic acids is 1. The van der Waals surface area contributed by atoms with Crippen molar-refractivity contribution in [1.82, 2.24) is 0 Å². The van der Waals surface area contributed by atoms with Gasteiger partial charge in [0, 0.05) is 12.0 Å². The lowest BCUT2D eigenvalue weighted by Crippen LogP contribution is -2.11. The summed E-state index contributed by atoms with van der Waals surface area (Å²) in [6.07, 6.45) is 0.258. The van der Waals surface area contributed by atoms with Gasteiger partial charge in [-0.1, -0.05) is 80.4 Å². The Hall–Kier alpha value is -1.31. The molecular weight excluding hydrogens is 303 g/mol. The molecule has 0 amide bonds. The normalized spacial score (nSPS) is 11.5. The molecule has 0 aliphatic carbocycles. The highest BCUT2D eigenvalue weighted by Gasteiger charge is 2.15. The maximum Gasteiger partial charge on any atom is 0.167 e. The Kier molecular flexibility index (Phi) is 4.75. The van der Waals surface area contributed by atoms with Gasteiger partial charge in [0.05, 0.1) is 10.0 Å². The van der Waals surface area contributed by atoms with Gasteiger partial charge in [0.15, 0.2) is 5.78 Å². The minimum absolute atomic E-state index is 0.0413. The number of hydrogen-bond acceptors (Lipinski definition) is 1. The smallest absolute Gasteiger partial charge is 0.167 e. The van der Waals surface area contributed by atoms with Gasteiger partial charge < -0.3 is 0 Å². The molecule has 110 valence electrons. The molecule has 0 fully saturated rings. The molecule has 3 heteroatoms. The predicted octanol–water partition coefficient (Wildman–Crippen LogP) is 5.72. The molecule has 0 saturated carbocycles. The number of Topliss-reactive ketones (excluding diaryl/α,β-unsaturated/α-hetero) is 1. The van der Waals surface area contributed by atoms with Crippen LogP contribution in [0.5, 0.6) is 0 Å². The lowest BCUT2D eigenvalue weighted by molar-refractivity contribution is 0.0993. The summed E-state index contributed by atoms with van der Waals surface area (Å²) < 4.78 is 0. The number of hydrogen-bond donors (Lipinski definition) is 0. The second kappa shape index (κ2) is 6.21. The fraction of sp³-hybridized carbons (Fsp3) is 0.278. The van der Waals surface area contributed by atoms with Crippen molar-refractivity contribution < 1.29 is 4.79 Å². The standard InChI is InChI=1S/C18H18Cl2O/c1-18(2,3)14-9-7-12(8-10-14)16(21)11-13-5-4-6-15(19)17(13)20/h4-10H,11H2,1-3H3. The van der Waals surface area contributed by atoms with Crippen LogP contribution in [0.4, 0.5) is 0 Å². The number of rotatable bonds is 3. The zero-order chi connectivity index (χ0) is 15.6. The minimum atomic E-state index is 0.0413. The third-order valence-corrected chi connectivity index (χ3v) is 4.31. The van der Waals surface area contributed by atoms with Crippen LogP contribution in [0.25, 0.3) is 0 Å². The summed E-state index contributed by atoms with van der Waals surface area (Å²) in [4.78, 5) is 12.3. The second-order valence-electron chi connectivity index (χ2n) is 6.14. The summed E-state index contributed by atoms with van der Waals surface area (Å²) in [5, 5.41) is 0.934. The first-order valence-electron chi connectivity index (χ1n) is 6.85. The van der Waals surface area contributed by atoms with E-state index in [0.717, 1.165) is 5.56 Å². The molecule has 0 heterocycles. The molecular formula is C18H18Cl2O. The van der Waals surface area contributed by atoms with Gasteiger partial charge in [0.25, 0.3) is 0 Å². The van der Waals surface area contributed by atoms with Crippen LogP contribution in [0.1, 0.15) is 42.3 Å². The van der Waals surface area contributed by atoms with E-state index >= 15 is 0 Å². The van der Waals surface area contributed by atoms with E-state index in [2.05, 4.69) is 20.8 Å². The van der Waals surface area contributed by atoms with Crippen molar-refractivity contribution in [2.75, 3.05) is 0 Å². The van der Waals surface area contributed by atoms with E-state index in [1.54, 1.807) is 12.1 Å². The molecule has 0 radical (unpaired) electrons. The first kappa shape index (κ1) is 16.1. The van der Waals surface area contributed by atoms with Crippen molar-refractivity contribution in [3.8, 4) is 0 Å². The van der Waals surface area contributed by atoms with Crippen molar-refractivity contribution in [3.05, 3.63) is 69.2 Å². The molecule has 0 atom stereocenters. The Morgan fingerprint density at radius 1 is 1.00 bits per heavy atom. The van der Waals surface area contributed by atoms with Crippen LogP contribution >= 0.6 is 23.2 Å². The topological polar surface area (TPSA) is 17.1 Å². The van der Waals surface area contributed by atoms with Gasteiger partial charge in [-0.2, -0.15) is 0 Å². The van der Waals surface area contributed by atoms with Crippen LogP contribution in [-0.4, -0.2) is 5.78 Å². The van der Waals surface area contributed by atoms with Gasteiger partial charge >= 0.3 is 0 Å². The molecule has 2 rings (SSSR count). The number of benzene rings is 2. The summed E-state index contributed by atoms with van der Waals surface area (Å²) in [6, 6.07) is 13.1. The van der Waals surface area contributed by atoms with Crippen LogP contribution < -0.4 is 0 Å². The summed E-state index contributed by atoms with van der Waals surface area (Å²) in [7, 11) is 0. The fourth-order valence-electron chi connectivity index (χ4n) is 2.12. The van der Waals surface area contributed by atoms with Gasteiger partial charge in [-0.15, -0.1) is 0 Å². The Morgan fingerprint density at radius 2 is 1.62 bits per heavy atom. The van der Waals surface area contributed by atoms with Crippen LogP contribution in [0.2, 0.25) is 10.0 Å². The first-order chi connectivity index (χ1) is 9.79. The van der Waals surface area contributed by atoms with Crippen LogP contribution in [0.3, 0.4) is 0 Å². The maximum absolute atomic E-state index is 12.3. The number of carbonyl (C=O) groups is 1. The van der Waals surface area contributed by atoms with Gasteiger partial charge in [-0.3, -0.25) is 4.79 Å². The van der Waals surface area contributed by atoms with E-state index in [4.69, 9.17) is 23.2 Å².